The number of fused-ring (bicyclic) bond motifs is 1. The van der Waals surface area contributed by atoms with Crippen molar-refractivity contribution < 1.29 is 18.7 Å². The molecule has 0 radical (unpaired) electrons. The van der Waals surface area contributed by atoms with Crippen LogP contribution in [-0.2, 0) is 6.54 Å². The average molecular weight is 456 g/mol. The van der Waals surface area contributed by atoms with Gasteiger partial charge < -0.3 is 14.4 Å². The molecule has 3 aromatic rings. The van der Waals surface area contributed by atoms with E-state index >= 15 is 4.39 Å². The second-order valence-corrected chi connectivity index (χ2v) is 9.55. The maximum absolute atomic E-state index is 15.2. The van der Waals surface area contributed by atoms with E-state index in [2.05, 4.69) is 10.2 Å². The zero-order valence-electron chi connectivity index (χ0n) is 18.0. The van der Waals surface area contributed by atoms with Gasteiger partial charge in [0.15, 0.2) is 0 Å². The van der Waals surface area contributed by atoms with Gasteiger partial charge in [-0.05, 0) is 56.4 Å². The Morgan fingerprint density at radius 2 is 1.84 bits per heavy atom. The molecule has 2 aliphatic rings. The van der Waals surface area contributed by atoms with E-state index in [1.807, 2.05) is 0 Å². The number of hydrogen-bond acceptors (Lipinski definition) is 5. The minimum Gasteiger partial charge on any atom is -0.421 e. The zero-order valence-corrected chi connectivity index (χ0v) is 18.8. The Hall–Kier alpha value is -2.77. The van der Waals surface area contributed by atoms with Crippen molar-refractivity contribution in [2.75, 3.05) is 0 Å². The van der Waals surface area contributed by atoms with Crippen molar-refractivity contribution in [1.82, 2.24) is 15.1 Å². The van der Waals surface area contributed by atoms with Crippen molar-refractivity contribution in [3.8, 4) is 22.6 Å². The normalized spacial score (nSPS) is 17.1. The Morgan fingerprint density at radius 3 is 2.41 bits per heavy atom. The molecular weight excluding hydrogens is 433 g/mol. The molecule has 6 nitrogen and oxygen atoms in total. The number of rotatable bonds is 5. The number of aromatic nitrogens is 2. The van der Waals surface area contributed by atoms with Gasteiger partial charge in [0.1, 0.15) is 5.82 Å². The van der Waals surface area contributed by atoms with E-state index in [9.17, 15) is 9.90 Å². The predicted octanol–water partition coefficient (Wildman–Crippen LogP) is 5.01. The molecule has 0 unspecified atom stereocenters. The molecule has 1 amide bonds. The molecule has 1 aliphatic carbocycles. The van der Waals surface area contributed by atoms with E-state index in [1.165, 1.54) is 6.07 Å². The first kappa shape index (κ1) is 21.1. The molecule has 0 saturated heterocycles. The second-order valence-electron chi connectivity index (χ2n) is 9.14. The second kappa shape index (κ2) is 7.39. The smallest absolute Gasteiger partial charge is 0.255 e. The number of hydrogen-bond donors (Lipinski definition) is 1. The van der Waals surface area contributed by atoms with Gasteiger partial charge in [-0.3, -0.25) is 4.79 Å². The first-order chi connectivity index (χ1) is 15.1. The number of halogens is 2. The van der Waals surface area contributed by atoms with Crippen LogP contribution >= 0.6 is 11.6 Å². The summed E-state index contributed by atoms with van der Waals surface area (Å²) < 4.78 is 20.6. The molecule has 5 rings (SSSR count). The Labute approximate surface area is 190 Å². The lowest BCUT2D eigenvalue weighted by atomic mass is 9.92. The lowest BCUT2D eigenvalue weighted by Crippen LogP contribution is -2.51. The third-order valence-electron chi connectivity index (χ3n) is 6.21. The van der Waals surface area contributed by atoms with Gasteiger partial charge in [0.25, 0.3) is 5.91 Å². The molecule has 8 heteroatoms. The highest BCUT2D eigenvalue weighted by atomic mass is 35.5. The molecule has 166 valence electrons. The highest BCUT2D eigenvalue weighted by Gasteiger charge is 2.49. The summed E-state index contributed by atoms with van der Waals surface area (Å²) in [6.45, 7) is 5.39. The highest BCUT2D eigenvalue weighted by molar-refractivity contribution is 6.32. The van der Waals surface area contributed by atoms with Crippen LogP contribution in [0.3, 0.4) is 0 Å². The Balaban J connectivity index is 1.57. The van der Waals surface area contributed by atoms with Gasteiger partial charge in [-0.1, -0.05) is 23.7 Å². The number of carbonyl (C=O) groups excluding carboxylic acids is 1. The Bertz CT molecular complexity index is 1210. The molecular formula is C24H23ClFN3O3. The summed E-state index contributed by atoms with van der Waals surface area (Å²) in [5.41, 5.74) is 1.26. The molecule has 1 aromatic heterocycles. The largest absolute Gasteiger partial charge is 0.421 e. The summed E-state index contributed by atoms with van der Waals surface area (Å²) in [7, 11) is 0. The molecule has 2 aromatic carbocycles. The molecule has 0 bridgehead atoms. The van der Waals surface area contributed by atoms with Crippen molar-refractivity contribution in [3.63, 3.8) is 0 Å². The Kier molecular flexibility index (Phi) is 4.87. The molecule has 1 atom stereocenters. The van der Waals surface area contributed by atoms with E-state index in [0.717, 1.165) is 12.8 Å². The van der Waals surface area contributed by atoms with Crippen molar-refractivity contribution in [2.24, 2.45) is 5.92 Å². The van der Waals surface area contributed by atoms with Crippen LogP contribution in [0.15, 0.2) is 34.7 Å². The van der Waals surface area contributed by atoms with Crippen molar-refractivity contribution >= 4 is 17.5 Å². The SMILES string of the molecule is Cc1nnc(-c2ccc(-c3c(F)cc(Cl)c4c3C(=O)N([C@H](C3CC3)C(C)(C)O)C4)cc2)o1. The Morgan fingerprint density at radius 1 is 1.19 bits per heavy atom. The summed E-state index contributed by atoms with van der Waals surface area (Å²) in [5, 5.41) is 18.8. The van der Waals surface area contributed by atoms with E-state index < -0.39 is 11.4 Å². The standard InChI is InChI=1S/C24H23ClFN3O3/c1-12-27-28-22(32-12)15-8-4-13(5-9-15)19-18(26)10-17(25)16-11-29(23(30)20(16)19)21(14-6-7-14)24(2,3)31/h4-5,8-10,14,21,31H,6-7,11H2,1-3H3/t21-/m1/s1. The maximum atomic E-state index is 15.2. The van der Waals surface area contributed by atoms with Crippen LogP contribution in [0.5, 0.6) is 0 Å². The maximum Gasteiger partial charge on any atom is 0.255 e. The van der Waals surface area contributed by atoms with Gasteiger partial charge in [0, 0.05) is 35.2 Å². The summed E-state index contributed by atoms with van der Waals surface area (Å²) in [5.74, 6) is 0.199. The van der Waals surface area contributed by atoms with Gasteiger partial charge in [-0.15, -0.1) is 10.2 Å². The lowest BCUT2D eigenvalue weighted by molar-refractivity contribution is -0.0224. The summed E-state index contributed by atoms with van der Waals surface area (Å²) in [6, 6.07) is 7.88. The minimum absolute atomic E-state index is 0.218. The predicted molar refractivity (Wildman–Crippen MR) is 118 cm³/mol. The van der Waals surface area contributed by atoms with Crippen LogP contribution in [0.25, 0.3) is 22.6 Å². The number of carbonyl (C=O) groups is 1. The molecule has 2 heterocycles. The first-order valence-electron chi connectivity index (χ1n) is 10.6. The molecule has 0 spiro atoms. The highest BCUT2D eigenvalue weighted by Crippen LogP contribution is 2.46. The molecule has 32 heavy (non-hydrogen) atoms. The van der Waals surface area contributed by atoms with E-state index in [-0.39, 0.29) is 40.6 Å². The third kappa shape index (κ3) is 3.49. The van der Waals surface area contributed by atoms with Crippen molar-refractivity contribution in [1.29, 1.82) is 0 Å². The number of benzene rings is 2. The fraction of sp³-hybridized carbons (Fsp3) is 0.375. The van der Waals surface area contributed by atoms with Gasteiger partial charge in [-0.25, -0.2) is 4.39 Å². The van der Waals surface area contributed by atoms with Crippen LogP contribution in [0.4, 0.5) is 4.39 Å². The van der Waals surface area contributed by atoms with Gasteiger partial charge in [-0.2, -0.15) is 0 Å². The topological polar surface area (TPSA) is 79.5 Å². The van der Waals surface area contributed by atoms with Crippen LogP contribution in [0.2, 0.25) is 5.02 Å². The average Bonchev–Trinajstić information content (AvgIpc) is 3.36. The zero-order chi connectivity index (χ0) is 22.8. The summed E-state index contributed by atoms with van der Waals surface area (Å²) >= 11 is 6.38. The van der Waals surface area contributed by atoms with Crippen LogP contribution in [0.1, 0.15) is 48.5 Å². The number of aliphatic hydroxyl groups is 1. The van der Waals surface area contributed by atoms with E-state index in [0.29, 0.717) is 28.5 Å². The molecule has 1 aliphatic heterocycles. The summed E-state index contributed by atoms with van der Waals surface area (Å²) in [6.07, 6.45) is 1.92. The summed E-state index contributed by atoms with van der Waals surface area (Å²) in [4.78, 5) is 15.2. The lowest BCUT2D eigenvalue weighted by Gasteiger charge is -2.37. The quantitative estimate of drug-likeness (QED) is 0.585. The fourth-order valence-corrected chi connectivity index (χ4v) is 5.01. The molecule has 1 saturated carbocycles. The first-order valence-corrected chi connectivity index (χ1v) is 11.0. The van der Waals surface area contributed by atoms with E-state index in [1.54, 1.807) is 49.9 Å². The van der Waals surface area contributed by atoms with Crippen molar-refractivity contribution in [2.45, 2.75) is 51.8 Å². The number of aryl methyl sites for hydroxylation is 1. The fourth-order valence-electron chi connectivity index (χ4n) is 4.76. The minimum atomic E-state index is -1.08. The van der Waals surface area contributed by atoms with Gasteiger partial charge in [0.05, 0.1) is 17.2 Å². The van der Waals surface area contributed by atoms with Crippen LogP contribution < -0.4 is 0 Å². The van der Waals surface area contributed by atoms with E-state index in [4.69, 9.17) is 16.0 Å². The molecule has 1 fully saturated rings. The number of amides is 1. The van der Waals surface area contributed by atoms with Crippen LogP contribution in [-0.4, -0.2) is 37.8 Å². The monoisotopic (exact) mass is 455 g/mol. The number of nitrogens with zero attached hydrogens (tertiary/aromatic N) is 3. The third-order valence-corrected chi connectivity index (χ3v) is 6.55. The van der Waals surface area contributed by atoms with Crippen molar-refractivity contribution in [3.05, 3.63) is 58.2 Å². The van der Waals surface area contributed by atoms with Crippen LogP contribution in [0, 0.1) is 18.7 Å². The van der Waals surface area contributed by atoms with Gasteiger partial charge in [0.2, 0.25) is 11.8 Å². The van der Waals surface area contributed by atoms with Gasteiger partial charge >= 0.3 is 0 Å². The molecule has 1 N–H and O–H groups in total.